The maximum Gasteiger partial charge on any atom is 0.225 e. The minimum absolute atomic E-state index is 0.0530. The SMILES string of the molecule is COc1ccc(C2CN(C(=O)CC(C)(C)C)CC2C(=O)NCc2ccccc2)c(OC)c1. The summed E-state index contributed by atoms with van der Waals surface area (Å²) in [5.74, 6) is 0.867. The smallest absolute Gasteiger partial charge is 0.225 e. The van der Waals surface area contributed by atoms with Crippen LogP contribution in [0.2, 0.25) is 0 Å². The van der Waals surface area contributed by atoms with Gasteiger partial charge in [-0.25, -0.2) is 0 Å². The van der Waals surface area contributed by atoms with E-state index in [1.165, 1.54) is 0 Å². The molecule has 0 bridgehead atoms. The molecule has 6 nitrogen and oxygen atoms in total. The van der Waals surface area contributed by atoms with E-state index < -0.39 is 0 Å². The molecule has 172 valence electrons. The Bertz CT molecular complexity index is 937. The van der Waals surface area contributed by atoms with Crippen LogP contribution in [0.15, 0.2) is 48.5 Å². The second-order valence-corrected chi connectivity index (χ2v) is 9.56. The molecule has 2 aromatic carbocycles. The van der Waals surface area contributed by atoms with E-state index in [1.807, 2.05) is 53.4 Å². The maximum absolute atomic E-state index is 13.3. The number of amides is 2. The first kappa shape index (κ1) is 23.6. The van der Waals surface area contributed by atoms with Crippen LogP contribution in [0.25, 0.3) is 0 Å². The van der Waals surface area contributed by atoms with Crippen molar-refractivity contribution in [3.05, 3.63) is 59.7 Å². The van der Waals surface area contributed by atoms with E-state index in [9.17, 15) is 9.59 Å². The standard InChI is InChI=1S/C26H34N2O4/c1-26(2,3)14-24(29)28-16-21(20-12-11-19(31-4)13-23(20)32-5)22(17-28)25(30)27-15-18-9-7-6-8-10-18/h6-13,21-22H,14-17H2,1-5H3,(H,27,30). The lowest BCUT2D eigenvalue weighted by Gasteiger charge is -2.23. The number of hydrogen-bond acceptors (Lipinski definition) is 4. The zero-order valence-corrected chi connectivity index (χ0v) is 19.7. The molecule has 3 rings (SSSR count). The third-order valence-corrected chi connectivity index (χ3v) is 5.84. The van der Waals surface area contributed by atoms with Crippen molar-refractivity contribution in [2.24, 2.45) is 11.3 Å². The predicted molar refractivity (Wildman–Crippen MR) is 125 cm³/mol. The molecule has 1 aliphatic rings. The summed E-state index contributed by atoms with van der Waals surface area (Å²) in [5, 5.41) is 3.07. The summed E-state index contributed by atoms with van der Waals surface area (Å²) in [5.41, 5.74) is 1.84. The molecular weight excluding hydrogens is 404 g/mol. The molecule has 1 saturated heterocycles. The molecule has 0 spiro atoms. The van der Waals surface area contributed by atoms with E-state index >= 15 is 0 Å². The highest BCUT2D eigenvalue weighted by Crippen LogP contribution is 2.40. The van der Waals surface area contributed by atoms with Gasteiger partial charge in [-0.2, -0.15) is 0 Å². The highest BCUT2D eigenvalue weighted by Gasteiger charge is 2.42. The van der Waals surface area contributed by atoms with E-state index in [0.717, 1.165) is 11.1 Å². The van der Waals surface area contributed by atoms with Gasteiger partial charge in [0.25, 0.3) is 0 Å². The van der Waals surface area contributed by atoms with Crippen molar-refractivity contribution in [2.45, 2.75) is 39.7 Å². The molecule has 1 heterocycles. The Kier molecular flexibility index (Phi) is 7.44. The van der Waals surface area contributed by atoms with Crippen molar-refractivity contribution in [2.75, 3.05) is 27.3 Å². The number of nitrogens with one attached hydrogen (secondary N) is 1. The van der Waals surface area contributed by atoms with Crippen LogP contribution >= 0.6 is 0 Å². The zero-order chi connectivity index (χ0) is 23.3. The number of nitrogens with zero attached hydrogens (tertiary/aromatic N) is 1. The Morgan fingerprint density at radius 1 is 1.03 bits per heavy atom. The minimum atomic E-state index is -0.357. The van der Waals surface area contributed by atoms with Gasteiger partial charge in [-0.15, -0.1) is 0 Å². The molecule has 0 aliphatic carbocycles. The Labute approximate surface area is 190 Å². The fourth-order valence-electron chi connectivity index (χ4n) is 4.19. The Balaban J connectivity index is 1.85. The van der Waals surface area contributed by atoms with Crippen LogP contribution in [0.5, 0.6) is 11.5 Å². The number of hydrogen-bond donors (Lipinski definition) is 1. The largest absolute Gasteiger partial charge is 0.497 e. The second-order valence-electron chi connectivity index (χ2n) is 9.56. The third kappa shape index (κ3) is 5.81. The van der Waals surface area contributed by atoms with Gasteiger partial charge in [0.2, 0.25) is 11.8 Å². The molecule has 2 atom stereocenters. The predicted octanol–water partition coefficient (Wildman–Crippen LogP) is 4.00. The lowest BCUT2D eigenvalue weighted by molar-refractivity contribution is -0.132. The molecule has 1 aliphatic heterocycles. The van der Waals surface area contributed by atoms with Crippen LogP contribution in [0.1, 0.15) is 44.2 Å². The molecular formula is C26H34N2O4. The van der Waals surface area contributed by atoms with Crippen LogP contribution < -0.4 is 14.8 Å². The van der Waals surface area contributed by atoms with E-state index in [1.54, 1.807) is 14.2 Å². The number of benzene rings is 2. The van der Waals surface area contributed by atoms with Gasteiger partial charge in [0.05, 0.1) is 20.1 Å². The molecule has 2 amide bonds. The van der Waals surface area contributed by atoms with E-state index in [-0.39, 0.29) is 29.1 Å². The van der Waals surface area contributed by atoms with Gasteiger partial charge in [0.1, 0.15) is 11.5 Å². The monoisotopic (exact) mass is 438 g/mol. The Morgan fingerprint density at radius 2 is 1.75 bits per heavy atom. The molecule has 32 heavy (non-hydrogen) atoms. The fraction of sp³-hybridized carbons (Fsp3) is 0.462. The first-order valence-electron chi connectivity index (χ1n) is 11.0. The fourth-order valence-corrected chi connectivity index (χ4v) is 4.19. The van der Waals surface area contributed by atoms with Crippen LogP contribution in [0.3, 0.4) is 0 Å². The van der Waals surface area contributed by atoms with E-state index in [4.69, 9.17) is 9.47 Å². The molecule has 1 fully saturated rings. The number of carbonyl (C=O) groups excluding carboxylic acids is 2. The normalized spacial score (nSPS) is 18.3. The zero-order valence-electron chi connectivity index (χ0n) is 19.7. The topological polar surface area (TPSA) is 67.9 Å². The third-order valence-electron chi connectivity index (χ3n) is 5.84. The molecule has 6 heteroatoms. The summed E-state index contributed by atoms with van der Waals surface area (Å²) in [7, 11) is 3.22. The highest BCUT2D eigenvalue weighted by atomic mass is 16.5. The van der Waals surface area contributed by atoms with Crippen molar-refractivity contribution in [1.82, 2.24) is 10.2 Å². The van der Waals surface area contributed by atoms with Gasteiger partial charge in [-0.1, -0.05) is 57.2 Å². The van der Waals surface area contributed by atoms with Crippen LogP contribution in [0, 0.1) is 11.3 Å². The lowest BCUT2D eigenvalue weighted by Crippen LogP contribution is -2.36. The number of rotatable bonds is 7. The maximum atomic E-state index is 13.3. The number of carbonyl (C=O) groups is 2. The van der Waals surface area contributed by atoms with Crippen molar-refractivity contribution in [3.8, 4) is 11.5 Å². The average Bonchev–Trinajstić information content (AvgIpc) is 3.22. The summed E-state index contributed by atoms with van der Waals surface area (Å²) in [4.78, 5) is 28.1. The van der Waals surface area contributed by atoms with Gasteiger partial charge in [-0.05, 0) is 17.0 Å². The number of ether oxygens (including phenoxy) is 2. The summed E-state index contributed by atoms with van der Waals surface area (Å²) >= 11 is 0. The minimum Gasteiger partial charge on any atom is -0.497 e. The van der Waals surface area contributed by atoms with Crippen molar-refractivity contribution < 1.29 is 19.1 Å². The van der Waals surface area contributed by atoms with Crippen LogP contribution in [-0.2, 0) is 16.1 Å². The molecule has 1 N–H and O–H groups in total. The molecule has 0 saturated carbocycles. The van der Waals surface area contributed by atoms with E-state index in [2.05, 4.69) is 26.1 Å². The highest BCUT2D eigenvalue weighted by molar-refractivity contribution is 5.83. The first-order chi connectivity index (χ1) is 15.2. The van der Waals surface area contributed by atoms with Crippen molar-refractivity contribution >= 4 is 11.8 Å². The number of likely N-dealkylation sites (tertiary alicyclic amines) is 1. The summed E-state index contributed by atoms with van der Waals surface area (Å²) in [6.07, 6.45) is 0.442. The van der Waals surface area contributed by atoms with Gasteiger partial charge in [0.15, 0.2) is 0 Å². The quantitative estimate of drug-likeness (QED) is 0.710. The molecule has 0 radical (unpaired) electrons. The Morgan fingerprint density at radius 3 is 2.38 bits per heavy atom. The van der Waals surface area contributed by atoms with Gasteiger partial charge in [-0.3, -0.25) is 9.59 Å². The van der Waals surface area contributed by atoms with Crippen molar-refractivity contribution in [3.63, 3.8) is 0 Å². The van der Waals surface area contributed by atoms with E-state index in [0.29, 0.717) is 37.6 Å². The molecule has 2 unspecified atom stereocenters. The lowest BCUT2D eigenvalue weighted by atomic mass is 9.87. The van der Waals surface area contributed by atoms with Gasteiger partial charge in [0, 0.05) is 43.6 Å². The second kappa shape index (κ2) is 10.1. The van der Waals surface area contributed by atoms with Crippen LogP contribution in [-0.4, -0.2) is 44.0 Å². The van der Waals surface area contributed by atoms with Crippen LogP contribution in [0.4, 0.5) is 0 Å². The van der Waals surface area contributed by atoms with Crippen molar-refractivity contribution in [1.29, 1.82) is 0 Å². The summed E-state index contributed by atoms with van der Waals surface area (Å²) in [6.45, 7) is 7.49. The number of methoxy groups -OCH3 is 2. The Hall–Kier alpha value is -3.02. The van der Waals surface area contributed by atoms with Gasteiger partial charge >= 0.3 is 0 Å². The average molecular weight is 439 g/mol. The summed E-state index contributed by atoms with van der Waals surface area (Å²) < 4.78 is 10.9. The molecule has 2 aromatic rings. The summed E-state index contributed by atoms with van der Waals surface area (Å²) in [6, 6.07) is 15.5. The molecule has 0 aromatic heterocycles. The first-order valence-corrected chi connectivity index (χ1v) is 11.0. The van der Waals surface area contributed by atoms with Gasteiger partial charge < -0.3 is 19.7 Å².